The van der Waals surface area contributed by atoms with Gasteiger partial charge in [0.15, 0.2) is 0 Å². The van der Waals surface area contributed by atoms with Gasteiger partial charge in [0.25, 0.3) is 0 Å². The minimum atomic E-state index is -1.17. The van der Waals surface area contributed by atoms with Crippen molar-refractivity contribution in [2.45, 2.75) is 103 Å². The number of carbonyl (C=O) groups is 3. The van der Waals surface area contributed by atoms with Crippen molar-refractivity contribution >= 4 is 17.8 Å². The highest BCUT2D eigenvalue weighted by Crippen LogP contribution is 2.64. The third-order valence-electron chi connectivity index (χ3n) is 8.39. The number of aliphatic hydroxyl groups is 1. The third-order valence-corrected chi connectivity index (χ3v) is 8.39. The van der Waals surface area contributed by atoms with Crippen LogP contribution in [-0.4, -0.2) is 81.3 Å². The van der Waals surface area contributed by atoms with Crippen molar-refractivity contribution in [3.05, 3.63) is 25.3 Å². The number of likely N-dealkylation sites (tertiary alicyclic amines) is 1. The summed E-state index contributed by atoms with van der Waals surface area (Å²) in [5.41, 5.74) is -2.67. The van der Waals surface area contributed by atoms with Gasteiger partial charge < -0.3 is 24.4 Å². The molecule has 0 saturated carbocycles. The molecular weight excluding hydrogens is 472 g/mol. The zero-order valence-corrected chi connectivity index (χ0v) is 23.7. The zero-order chi connectivity index (χ0) is 28.0. The molecule has 3 heterocycles. The van der Waals surface area contributed by atoms with Crippen LogP contribution in [0.1, 0.15) is 74.1 Å². The Kier molecular flexibility index (Phi) is 8.08. The van der Waals surface area contributed by atoms with Crippen molar-refractivity contribution in [2.75, 3.05) is 19.8 Å². The minimum absolute atomic E-state index is 0.0354. The van der Waals surface area contributed by atoms with E-state index in [1.807, 2.05) is 27.7 Å². The van der Waals surface area contributed by atoms with Crippen molar-refractivity contribution < 1.29 is 29.0 Å². The highest BCUT2D eigenvalue weighted by Gasteiger charge is 2.79. The number of nitrogens with zero attached hydrogens (tertiary/aromatic N) is 2. The monoisotopic (exact) mass is 518 g/mol. The molecule has 3 aliphatic rings. The Morgan fingerprint density at radius 2 is 1.89 bits per heavy atom. The van der Waals surface area contributed by atoms with Crippen molar-refractivity contribution in [3.63, 3.8) is 0 Å². The van der Waals surface area contributed by atoms with E-state index in [0.717, 1.165) is 6.42 Å². The summed E-state index contributed by atoms with van der Waals surface area (Å²) in [6.45, 7) is 21.7. The Hall–Kier alpha value is -2.19. The molecule has 3 rings (SSSR count). The molecule has 8 nitrogen and oxygen atoms in total. The Bertz CT molecular complexity index is 935. The lowest BCUT2D eigenvalue weighted by molar-refractivity contribution is -0.163. The first kappa shape index (κ1) is 29.4. The normalized spacial score (nSPS) is 31.7. The largest absolute Gasteiger partial charge is 0.461 e. The number of amides is 2. The van der Waals surface area contributed by atoms with E-state index in [1.54, 1.807) is 11.0 Å². The molecule has 0 aliphatic carbocycles. The number of rotatable bonds is 11. The zero-order valence-electron chi connectivity index (χ0n) is 23.7. The van der Waals surface area contributed by atoms with Crippen molar-refractivity contribution in [1.82, 2.24) is 9.80 Å². The second-order valence-electron chi connectivity index (χ2n) is 12.9. The van der Waals surface area contributed by atoms with Crippen molar-refractivity contribution in [2.24, 2.45) is 17.3 Å². The first-order valence-corrected chi connectivity index (χ1v) is 13.5. The van der Waals surface area contributed by atoms with E-state index < -0.39 is 46.6 Å². The summed E-state index contributed by atoms with van der Waals surface area (Å²) in [6.07, 6.45) is 5.38. The predicted molar refractivity (Wildman–Crippen MR) is 141 cm³/mol. The van der Waals surface area contributed by atoms with Gasteiger partial charge in [0.2, 0.25) is 11.8 Å². The smallest absolute Gasteiger partial charge is 0.313 e. The van der Waals surface area contributed by atoms with Crippen LogP contribution in [0.4, 0.5) is 0 Å². The van der Waals surface area contributed by atoms with E-state index >= 15 is 0 Å². The van der Waals surface area contributed by atoms with Crippen molar-refractivity contribution in [3.8, 4) is 0 Å². The molecule has 8 heteroatoms. The van der Waals surface area contributed by atoms with Crippen LogP contribution in [-0.2, 0) is 23.9 Å². The first-order valence-electron chi connectivity index (χ1n) is 13.5. The first-order chi connectivity index (χ1) is 17.1. The van der Waals surface area contributed by atoms with Gasteiger partial charge in [-0.25, -0.2) is 0 Å². The van der Waals surface area contributed by atoms with Crippen molar-refractivity contribution in [1.29, 1.82) is 0 Å². The highest BCUT2D eigenvalue weighted by atomic mass is 16.6. The molecule has 6 atom stereocenters. The van der Waals surface area contributed by atoms with E-state index in [0.29, 0.717) is 25.8 Å². The average Bonchev–Trinajstić information content (AvgIpc) is 3.36. The van der Waals surface area contributed by atoms with Crippen LogP contribution in [0.25, 0.3) is 0 Å². The molecule has 0 aromatic rings. The van der Waals surface area contributed by atoms with Crippen LogP contribution >= 0.6 is 0 Å². The molecule has 2 bridgehead atoms. The summed E-state index contributed by atoms with van der Waals surface area (Å²) >= 11 is 0. The third kappa shape index (κ3) is 4.87. The Morgan fingerprint density at radius 3 is 2.41 bits per heavy atom. The second-order valence-corrected chi connectivity index (χ2v) is 12.9. The summed E-state index contributed by atoms with van der Waals surface area (Å²) in [6, 6.07) is -1.53. The van der Waals surface area contributed by atoms with Crippen LogP contribution in [0.15, 0.2) is 25.3 Å². The number of fused-ring (bicyclic) bond motifs is 1. The van der Waals surface area contributed by atoms with Gasteiger partial charge in [0.1, 0.15) is 24.2 Å². The lowest BCUT2D eigenvalue weighted by atomic mass is 9.66. The summed E-state index contributed by atoms with van der Waals surface area (Å²) in [5, 5.41) is 10.3. The standard InChI is InChI=1S/C29H46N2O6/c1-10-15-30(27(7,8)18-26(4,5)6)24(34)22-29-14-13-28(9,37-29)21(25(35)36-16-11-2)20(29)23(33)31(22)19(12-3)17-32/h10-11,19-22,32H,1-2,12-18H2,3-9H3/t19-,20-,21+,22?,28-,29?/m0/s1. The van der Waals surface area contributed by atoms with Gasteiger partial charge in [0, 0.05) is 12.1 Å². The molecular formula is C29H46N2O6. The molecule has 2 unspecified atom stereocenters. The Balaban J connectivity index is 2.14. The van der Waals surface area contributed by atoms with Gasteiger partial charge in [-0.15, -0.1) is 6.58 Å². The van der Waals surface area contributed by atoms with Gasteiger partial charge in [-0.05, 0) is 51.9 Å². The quantitative estimate of drug-likeness (QED) is 0.332. The van der Waals surface area contributed by atoms with Gasteiger partial charge in [-0.1, -0.05) is 46.4 Å². The second kappa shape index (κ2) is 10.2. The van der Waals surface area contributed by atoms with Gasteiger partial charge >= 0.3 is 5.97 Å². The van der Waals surface area contributed by atoms with E-state index in [4.69, 9.17) is 9.47 Å². The maximum atomic E-state index is 14.6. The molecule has 1 spiro atoms. The molecule has 0 aromatic carbocycles. The molecule has 3 saturated heterocycles. The summed E-state index contributed by atoms with van der Waals surface area (Å²) in [5.74, 6) is -2.75. The molecule has 2 amide bonds. The molecule has 0 aromatic heterocycles. The van der Waals surface area contributed by atoms with Crippen LogP contribution in [0.2, 0.25) is 0 Å². The Morgan fingerprint density at radius 1 is 1.24 bits per heavy atom. The SMILES string of the molecule is C=CCOC(=O)[C@H]1[C@H]2C(=O)N([C@@H](CC)CO)C(C(=O)N(CC=C)C(C)(C)CC(C)(C)C)C23CC[C@]1(C)O3. The van der Waals surface area contributed by atoms with E-state index in [-0.39, 0.29) is 30.4 Å². The molecule has 37 heavy (non-hydrogen) atoms. The number of ether oxygens (including phenoxy) is 2. The van der Waals surface area contributed by atoms with E-state index in [9.17, 15) is 19.5 Å². The van der Waals surface area contributed by atoms with Gasteiger partial charge in [-0.2, -0.15) is 0 Å². The fourth-order valence-electron chi connectivity index (χ4n) is 7.34. The molecule has 3 aliphatic heterocycles. The minimum Gasteiger partial charge on any atom is -0.461 e. The molecule has 1 N–H and O–H groups in total. The number of esters is 1. The lowest BCUT2D eigenvalue weighted by Crippen LogP contribution is -2.62. The lowest BCUT2D eigenvalue weighted by Gasteiger charge is -2.46. The van der Waals surface area contributed by atoms with Crippen LogP contribution < -0.4 is 0 Å². The molecule has 208 valence electrons. The average molecular weight is 519 g/mol. The van der Waals surface area contributed by atoms with Gasteiger partial charge in [-0.3, -0.25) is 14.4 Å². The number of carbonyl (C=O) groups excluding carboxylic acids is 3. The van der Waals surface area contributed by atoms with E-state index in [2.05, 4.69) is 33.9 Å². The molecule has 0 radical (unpaired) electrons. The number of aliphatic hydroxyl groups excluding tert-OH is 1. The Labute approximate surface area is 222 Å². The maximum Gasteiger partial charge on any atom is 0.313 e. The fraction of sp³-hybridized carbons (Fsp3) is 0.759. The summed E-state index contributed by atoms with van der Waals surface area (Å²) in [7, 11) is 0. The summed E-state index contributed by atoms with van der Waals surface area (Å²) in [4.78, 5) is 45.3. The maximum absolute atomic E-state index is 14.6. The highest BCUT2D eigenvalue weighted by molar-refractivity contribution is 5.99. The number of hydrogen-bond donors (Lipinski definition) is 1. The van der Waals surface area contributed by atoms with Crippen LogP contribution in [0.5, 0.6) is 0 Å². The van der Waals surface area contributed by atoms with Gasteiger partial charge in [0.05, 0.1) is 24.2 Å². The van der Waals surface area contributed by atoms with E-state index in [1.165, 1.54) is 11.0 Å². The number of hydrogen-bond acceptors (Lipinski definition) is 6. The van der Waals surface area contributed by atoms with Crippen LogP contribution in [0, 0.1) is 17.3 Å². The fourth-order valence-corrected chi connectivity index (χ4v) is 7.34. The van der Waals surface area contributed by atoms with Crippen LogP contribution in [0.3, 0.4) is 0 Å². The predicted octanol–water partition coefficient (Wildman–Crippen LogP) is 3.48. The molecule has 3 fully saturated rings. The topological polar surface area (TPSA) is 96.4 Å². The summed E-state index contributed by atoms with van der Waals surface area (Å²) < 4.78 is 12.1.